The van der Waals surface area contributed by atoms with Gasteiger partial charge in [-0.25, -0.2) is 0 Å². The monoisotopic (exact) mass is 477 g/mol. The fraction of sp³-hybridized carbons (Fsp3) is 0.500. The Hall–Kier alpha value is -2.92. The molecule has 2 aliphatic rings. The van der Waals surface area contributed by atoms with Crippen LogP contribution in [0.5, 0.6) is 5.75 Å². The molecule has 4 rings (SSSR count). The summed E-state index contributed by atoms with van der Waals surface area (Å²) < 4.78 is 11.4. The molecule has 0 aromatic heterocycles. The highest BCUT2D eigenvalue weighted by molar-refractivity contribution is 5.77. The molecule has 1 heterocycles. The van der Waals surface area contributed by atoms with E-state index in [2.05, 4.69) is 41.8 Å². The SMILES string of the molecule is CCc1ccc2c(c1)[C@@H](NC[C@H](O)[C@H](Cc1cccc(C#N)c1)NC(=O)COC)CC1(CCC1)O2. The van der Waals surface area contributed by atoms with Gasteiger partial charge in [0, 0.05) is 31.7 Å². The van der Waals surface area contributed by atoms with E-state index in [0.29, 0.717) is 18.5 Å². The second kappa shape index (κ2) is 11.2. The number of nitriles is 1. The molecule has 7 heteroatoms. The number of hydrogen-bond donors (Lipinski definition) is 3. The maximum Gasteiger partial charge on any atom is 0.246 e. The fourth-order valence-electron chi connectivity index (χ4n) is 5.09. The van der Waals surface area contributed by atoms with Crippen molar-refractivity contribution in [1.29, 1.82) is 5.26 Å². The van der Waals surface area contributed by atoms with E-state index in [0.717, 1.165) is 42.6 Å². The van der Waals surface area contributed by atoms with Crippen LogP contribution in [0.15, 0.2) is 42.5 Å². The first-order chi connectivity index (χ1) is 16.9. The molecule has 2 aromatic carbocycles. The highest BCUT2D eigenvalue weighted by Crippen LogP contribution is 2.49. The van der Waals surface area contributed by atoms with Gasteiger partial charge in [0.05, 0.1) is 23.8 Å². The Balaban J connectivity index is 1.49. The molecule has 1 saturated carbocycles. The van der Waals surface area contributed by atoms with E-state index in [4.69, 9.17) is 9.47 Å². The lowest BCUT2D eigenvalue weighted by Crippen LogP contribution is -2.52. The molecule has 1 amide bonds. The van der Waals surface area contributed by atoms with Gasteiger partial charge in [-0.3, -0.25) is 4.79 Å². The maximum absolute atomic E-state index is 12.3. The van der Waals surface area contributed by atoms with Gasteiger partial charge in [0.25, 0.3) is 0 Å². The number of carbonyl (C=O) groups is 1. The molecule has 1 fully saturated rings. The summed E-state index contributed by atoms with van der Waals surface area (Å²) in [5, 5.41) is 26.9. The first-order valence-corrected chi connectivity index (χ1v) is 12.5. The molecular weight excluding hydrogens is 442 g/mol. The number of carbonyl (C=O) groups excluding carboxylic acids is 1. The molecule has 1 aliphatic heterocycles. The van der Waals surface area contributed by atoms with Gasteiger partial charge < -0.3 is 25.2 Å². The third-order valence-corrected chi connectivity index (χ3v) is 7.20. The van der Waals surface area contributed by atoms with E-state index >= 15 is 0 Å². The van der Waals surface area contributed by atoms with Gasteiger partial charge in [-0.15, -0.1) is 0 Å². The number of methoxy groups -OCH3 is 1. The molecule has 1 spiro atoms. The summed E-state index contributed by atoms with van der Waals surface area (Å²) in [7, 11) is 1.46. The zero-order valence-electron chi connectivity index (χ0n) is 20.5. The largest absolute Gasteiger partial charge is 0.487 e. The fourth-order valence-corrected chi connectivity index (χ4v) is 5.09. The number of aryl methyl sites for hydroxylation is 1. The number of aliphatic hydroxyl groups excluding tert-OH is 1. The van der Waals surface area contributed by atoms with Crippen molar-refractivity contribution in [3.63, 3.8) is 0 Å². The normalized spacial score (nSPS) is 19.5. The summed E-state index contributed by atoms with van der Waals surface area (Å²) in [6, 6.07) is 15.3. The van der Waals surface area contributed by atoms with Crippen LogP contribution in [-0.2, 0) is 22.4 Å². The lowest BCUT2D eigenvalue weighted by atomic mass is 9.72. The minimum atomic E-state index is -0.834. The summed E-state index contributed by atoms with van der Waals surface area (Å²) in [4.78, 5) is 12.3. The number of aliphatic hydroxyl groups is 1. The average molecular weight is 478 g/mol. The van der Waals surface area contributed by atoms with Gasteiger partial charge in [0.1, 0.15) is 18.0 Å². The van der Waals surface area contributed by atoms with Crippen LogP contribution in [0, 0.1) is 11.3 Å². The van der Waals surface area contributed by atoms with Crippen molar-refractivity contribution in [2.45, 2.75) is 69.2 Å². The summed E-state index contributed by atoms with van der Waals surface area (Å²) in [6.45, 7) is 2.37. The third kappa shape index (κ3) is 6.02. The van der Waals surface area contributed by atoms with Crippen LogP contribution >= 0.6 is 0 Å². The van der Waals surface area contributed by atoms with Crippen molar-refractivity contribution >= 4 is 5.91 Å². The van der Waals surface area contributed by atoms with Gasteiger partial charge in [-0.2, -0.15) is 5.26 Å². The number of rotatable bonds is 10. The Morgan fingerprint density at radius 3 is 2.80 bits per heavy atom. The van der Waals surface area contributed by atoms with Gasteiger partial charge in [0.15, 0.2) is 0 Å². The van der Waals surface area contributed by atoms with E-state index in [1.165, 1.54) is 19.1 Å². The number of hydrogen-bond acceptors (Lipinski definition) is 6. The number of ether oxygens (including phenoxy) is 2. The van der Waals surface area contributed by atoms with Gasteiger partial charge >= 0.3 is 0 Å². The van der Waals surface area contributed by atoms with Crippen molar-refractivity contribution in [3.8, 4) is 11.8 Å². The number of nitrogens with zero attached hydrogens (tertiary/aromatic N) is 1. The number of nitrogens with one attached hydrogen (secondary N) is 2. The molecule has 0 saturated heterocycles. The number of fused-ring (bicyclic) bond motifs is 1. The van der Waals surface area contributed by atoms with Gasteiger partial charge in [-0.1, -0.05) is 31.2 Å². The van der Waals surface area contributed by atoms with E-state index in [-0.39, 0.29) is 24.2 Å². The molecular formula is C28H35N3O4. The van der Waals surface area contributed by atoms with E-state index < -0.39 is 12.1 Å². The van der Waals surface area contributed by atoms with Crippen molar-refractivity contribution in [2.24, 2.45) is 0 Å². The van der Waals surface area contributed by atoms with Crippen LogP contribution in [0.1, 0.15) is 60.9 Å². The highest BCUT2D eigenvalue weighted by atomic mass is 16.5. The van der Waals surface area contributed by atoms with Crippen LogP contribution in [-0.4, -0.2) is 49.0 Å². The standard InChI is InChI=1S/C28H35N3O4/c1-3-19-8-9-26-22(13-19)24(15-28(35-26)10-5-11-28)30-17-25(32)23(31-27(33)18-34-2)14-20-6-4-7-21(12-20)16-29/h4,6-9,12-13,23-25,30,32H,3,5,10-11,14-15,17-18H2,1-2H3,(H,31,33)/t23-,24-,25-/m0/s1. The lowest BCUT2D eigenvalue weighted by molar-refractivity contribution is -0.126. The molecule has 35 heavy (non-hydrogen) atoms. The van der Waals surface area contributed by atoms with Crippen molar-refractivity contribution in [3.05, 3.63) is 64.7 Å². The first-order valence-electron chi connectivity index (χ1n) is 12.5. The van der Waals surface area contributed by atoms with Crippen LogP contribution in [0.2, 0.25) is 0 Å². The molecule has 7 nitrogen and oxygen atoms in total. The molecule has 186 valence electrons. The van der Waals surface area contributed by atoms with Crippen LogP contribution in [0.4, 0.5) is 0 Å². The Kier molecular flexibility index (Phi) is 8.07. The Bertz CT molecular complexity index is 1080. The molecule has 2 aromatic rings. The lowest BCUT2D eigenvalue weighted by Gasteiger charge is -2.48. The average Bonchev–Trinajstić information content (AvgIpc) is 2.85. The molecule has 0 unspecified atom stereocenters. The zero-order chi connectivity index (χ0) is 24.8. The predicted octanol–water partition coefficient (Wildman–Crippen LogP) is 3.19. The van der Waals surface area contributed by atoms with E-state index in [1.807, 2.05) is 12.1 Å². The second-order valence-corrected chi connectivity index (χ2v) is 9.72. The number of amides is 1. The summed E-state index contributed by atoms with van der Waals surface area (Å²) in [5.74, 6) is 0.642. The molecule has 3 atom stereocenters. The predicted molar refractivity (Wildman–Crippen MR) is 133 cm³/mol. The Labute approximate surface area is 207 Å². The topological polar surface area (TPSA) is 104 Å². The van der Waals surface area contributed by atoms with Gasteiger partial charge in [-0.05, 0) is 61.4 Å². The van der Waals surface area contributed by atoms with Crippen molar-refractivity contribution < 1.29 is 19.4 Å². The minimum absolute atomic E-state index is 0.0671. The summed E-state index contributed by atoms with van der Waals surface area (Å²) >= 11 is 0. The van der Waals surface area contributed by atoms with Crippen LogP contribution < -0.4 is 15.4 Å². The smallest absolute Gasteiger partial charge is 0.246 e. The van der Waals surface area contributed by atoms with E-state index in [9.17, 15) is 15.2 Å². The van der Waals surface area contributed by atoms with E-state index in [1.54, 1.807) is 12.1 Å². The second-order valence-electron chi connectivity index (χ2n) is 9.72. The Morgan fingerprint density at radius 1 is 1.29 bits per heavy atom. The maximum atomic E-state index is 12.3. The highest BCUT2D eigenvalue weighted by Gasteiger charge is 2.45. The summed E-state index contributed by atoms with van der Waals surface area (Å²) in [6.07, 6.45) is 4.66. The Morgan fingerprint density at radius 2 is 2.11 bits per heavy atom. The molecule has 1 aliphatic carbocycles. The van der Waals surface area contributed by atoms with Gasteiger partial charge in [0.2, 0.25) is 5.91 Å². The molecule has 3 N–H and O–H groups in total. The van der Waals surface area contributed by atoms with Crippen LogP contribution in [0.3, 0.4) is 0 Å². The number of benzene rings is 2. The quantitative estimate of drug-likeness (QED) is 0.486. The molecule has 0 radical (unpaired) electrons. The van der Waals surface area contributed by atoms with Crippen molar-refractivity contribution in [1.82, 2.24) is 10.6 Å². The zero-order valence-corrected chi connectivity index (χ0v) is 20.5. The van der Waals surface area contributed by atoms with Crippen molar-refractivity contribution in [2.75, 3.05) is 20.3 Å². The minimum Gasteiger partial charge on any atom is -0.487 e. The van der Waals surface area contributed by atoms with Crippen LogP contribution in [0.25, 0.3) is 0 Å². The summed E-state index contributed by atoms with van der Waals surface area (Å²) in [5.41, 5.74) is 3.70. The third-order valence-electron chi connectivity index (χ3n) is 7.20. The first kappa shape index (κ1) is 25.2. The molecule has 0 bridgehead atoms.